The minimum Gasteiger partial charge on any atom is -0.504 e. The van der Waals surface area contributed by atoms with Crippen LogP contribution in [0, 0.1) is 5.92 Å². The van der Waals surface area contributed by atoms with E-state index in [1.54, 1.807) is 25.1 Å². The van der Waals surface area contributed by atoms with Crippen LogP contribution < -0.4 is 0 Å². The SMILES string of the molecule is CC1=C(O)/C(=C\C(C)CCC/C(C)=C\CCC2=CC(=O)[C@H](c3ccoc3)[C@H]2O)OC1=O. The average molecular weight is 427 g/mol. The Balaban J connectivity index is 1.41. The highest BCUT2D eigenvalue weighted by atomic mass is 16.6. The van der Waals surface area contributed by atoms with Gasteiger partial charge in [0.25, 0.3) is 0 Å². The molecule has 0 saturated carbocycles. The molecule has 1 aromatic heterocycles. The molecule has 1 aromatic rings. The summed E-state index contributed by atoms with van der Waals surface area (Å²) in [5, 5.41) is 20.4. The topological polar surface area (TPSA) is 97.0 Å². The molecule has 2 heterocycles. The smallest absolute Gasteiger partial charge is 0.343 e. The summed E-state index contributed by atoms with van der Waals surface area (Å²) in [6.07, 6.45) is 12.0. The maximum Gasteiger partial charge on any atom is 0.343 e. The molecule has 0 spiro atoms. The van der Waals surface area contributed by atoms with Gasteiger partial charge < -0.3 is 19.4 Å². The van der Waals surface area contributed by atoms with Crippen LogP contribution in [0.3, 0.4) is 0 Å². The van der Waals surface area contributed by atoms with Gasteiger partial charge in [0.15, 0.2) is 17.3 Å². The van der Waals surface area contributed by atoms with E-state index < -0.39 is 18.0 Å². The molecule has 0 amide bonds. The predicted octanol–water partition coefficient (Wildman–Crippen LogP) is 5.04. The van der Waals surface area contributed by atoms with Crippen molar-refractivity contribution in [3.05, 3.63) is 70.6 Å². The lowest BCUT2D eigenvalue weighted by atomic mass is 9.93. The number of cyclic esters (lactones) is 1. The zero-order chi connectivity index (χ0) is 22.5. The minimum absolute atomic E-state index is 0.0650. The van der Waals surface area contributed by atoms with Crippen LogP contribution in [0.4, 0.5) is 0 Å². The molecule has 0 radical (unpaired) electrons. The first kappa shape index (κ1) is 22.8. The van der Waals surface area contributed by atoms with Crippen LogP contribution in [-0.2, 0) is 14.3 Å². The van der Waals surface area contributed by atoms with Gasteiger partial charge in [0.1, 0.15) is 0 Å². The molecule has 1 aliphatic carbocycles. The molecule has 6 nitrogen and oxygen atoms in total. The van der Waals surface area contributed by atoms with Gasteiger partial charge in [-0.2, -0.15) is 0 Å². The van der Waals surface area contributed by atoms with Crippen LogP contribution in [0.5, 0.6) is 0 Å². The third-order valence-electron chi connectivity index (χ3n) is 5.92. The highest BCUT2D eigenvalue weighted by Gasteiger charge is 2.36. The van der Waals surface area contributed by atoms with E-state index in [1.807, 2.05) is 6.92 Å². The Morgan fingerprint density at radius 2 is 2.10 bits per heavy atom. The molecule has 6 heteroatoms. The number of hydrogen-bond donors (Lipinski definition) is 2. The van der Waals surface area contributed by atoms with E-state index >= 15 is 0 Å². The molecule has 31 heavy (non-hydrogen) atoms. The Hall–Kier alpha value is -2.86. The highest BCUT2D eigenvalue weighted by molar-refractivity contribution is 5.99. The first-order valence-electron chi connectivity index (χ1n) is 10.7. The van der Waals surface area contributed by atoms with Crippen LogP contribution in [0.25, 0.3) is 0 Å². The van der Waals surface area contributed by atoms with E-state index in [0.29, 0.717) is 12.0 Å². The lowest BCUT2D eigenvalue weighted by molar-refractivity contribution is -0.133. The quantitative estimate of drug-likeness (QED) is 0.424. The summed E-state index contributed by atoms with van der Waals surface area (Å²) in [5.74, 6) is -0.745. The number of aliphatic hydroxyl groups is 2. The number of ketones is 1. The first-order chi connectivity index (χ1) is 14.8. The van der Waals surface area contributed by atoms with E-state index in [1.165, 1.54) is 18.1 Å². The molecule has 3 rings (SSSR count). The van der Waals surface area contributed by atoms with Crippen molar-refractivity contribution in [3.63, 3.8) is 0 Å². The van der Waals surface area contributed by atoms with Crippen LogP contribution in [-0.4, -0.2) is 28.1 Å². The van der Waals surface area contributed by atoms with Crippen molar-refractivity contribution in [1.82, 2.24) is 0 Å². The lowest BCUT2D eigenvalue weighted by Crippen LogP contribution is -2.19. The summed E-state index contributed by atoms with van der Waals surface area (Å²) in [6, 6.07) is 1.72. The van der Waals surface area contributed by atoms with E-state index in [-0.39, 0.29) is 28.8 Å². The number of rotatable bonds is 9. The molecule has 0 saturated heterocycles. The summed E-state index contributed by atoms with van der Waals surface area (Å²) in [7, 11) is 0. The second-order valence-corrected chi connectivity index (χ2v) is 8.45. The van der Waals surface area contributed by atoms with Crippen molar-refractivity contribution in [3.8, 4) is 0 Å². The zero-order valence-corrected chi connectivity index (χ0v) is 18.3. The molecule has 1 aliphatic heterocycles. The Morgan fingerprint density at radius 3 is 2.74 bits per heavy atom. The molecular formula is C25H30O6. The normalized spacial score (nSPS) is 24.2. The lowest BCUT2D eigenvalue weighted by Gasteiger charge is -2.14. The van der Waals surface area contributed by atoms with E-state index in [4.69, 9.17) is 9.15 Å². The molecule has 2 N–H and O–H groups in total. The number of furan rings is 1. The van der Waals surface area contributed by atoms with Crippen molar-refractivity contribution in [2.45, 2.75) is 64.9 Å². The zero-order valence-electron chi connectivity index (χ0n) is 18.3. The van der Waals surface area contributed by atoms with Crippen molar-refractivity contribution < 1.29 is 29.0 Å². The van der Waals surface area contributed by atoms with Gasteiger partial charge in [-0.25, -0.2) is 4.79 Å². The van der Waals surface area contributed by atoms with Gasteiger partial charge in [-0.3, -0.25) is 4.79 Å². The second-order valence-electron chi connectivity index (χ2n) is 8.45. The molecule has 2 aliphatic rings. The second kappa shape index (κ2) is 9.96. The van der Waals surface area contributed by atoms with Gasteiger partial charge in [0.05, 0.1) is 30.1 Å². The Bertz CT molecular complexity index is 945. The van der Waals surface area contributed by atoms with Gasteiger partial charge >= 0.3 is 5.97 Å². The van der Waals surface area contributed by atoms with Gasteiger partial charge in [0.2, 0.25) is 0 Å². The monoisotopic (exact) mass is 426 g/mol. The highest BCUT2D eigenvalue weighted by Crippen LogP contribution is 2.34. The summed E-state index contributed by atoms with van der Waals surface area (Å²) in [4.78, 5) is 23.7. The summed E-state index contributed by atoms with van der Waals surface area (Å²) in [5.41, 5.74) is 3.00. The average Bonchev–Trinajstić information content (AvgIpc) is 3.39. The number of ether oxygens (including phenoxy) is 1. The van der Waals surface area contributed by atoms with Crippen molar-refractivity contribution in [2.75, 3.05) is 0 Å². The Labute approximate surface area is 182 Å². The van der Waals surface area contributed by atoms with Crippen LogP contribution >= 0.6 is 0 Å². The van der Waals surface area contributed by atoms with Crippen LogP contribution in [0.1, 0.15) is 64.4 Å². The number of aliphatic hydroxyl groups excluding tert-OH is 2. The number of hydrogen-bond acceptors (Lipinski definition) is 6. The van der Waals surface area contributed by atoms with E-state index in [2.05, 4.69) is 13.0 Å². The van der Waals surface area contributed by atoms with Crippen molar-refractivity contribution in [1.29, 1.82) is 0 Å². The summed E-state index contributed by atoms with van der Waals surface area (Å²) in [6.45, 7) is 5.66. The largest absolute Gasteiger partial charge is 0.504 e. The maximum absolute atomic E-state index is 12.2. The maximum atomic E-state index is 12.2. The van der Waals surface area contributed by atoms with Gasteiger partial charge in [-0.05, 0) is 75.7 Å². The third kappa shape index (κ3) is 5.44. The van der Waals surface area contributed by atoms with Crippen molar-refractivity contribution in [2.24, 2.45) is 5.92 Å². The van der Waals surface area contributed by atoms with Gasteiger partial charge in [0, 0.05) is 5.56 Å². The molecule has 0 fully saturated rings. The standard InChI is InChI=1S/C25H30O6/c1-15(6-4-8-16(2)12-21-23(27)17(3)25(29)31-21)7-5-9-18-13-20(26)22(24(18)28)19-10-11-30-14-19/h7,10-14,16,22,24,27-28H,4-6,8-9H2,1-3H3/b15-7-,21-12+/t16?,22-,24-/m0/s1. The fraction of sp³-hybridized carbons (Fsp3) is 0.440. The summed E-state index contributed by atoms with van der Waals surface area (Å²) >= 11 is 0. The molecule has 1 unspecified atom stereocenters. The first-order valence-corrected chi connectivity index (χ1v) is 10.7. The number of carbonyl (C=O) groups is 2. The van der Waals surface area contributed by atoms with Crippen molar-refractivity contribution >= 4 is 11.8 Å². The Morgan fingerprint density at radius 1 is 1.32 bits per heavy atom. The van der Waals surface area contributed by atoms with Gasteiger partial charge in [-0.1, -0.05) is 18.6 Å². The van der Waals surface area contributed by atoms with E-state index in [0.717, 1.165) is 31.3 Å². The number of allylic oxidation sites excluding steroid dienone is 4. The van der Waals surface area contributed by atoms with Gasteiger partial charge in [-0.15, -0.1) is 0 Å². The van der Waals surface area contributed by atoms with Crippen LogP contribution in [0.15, 0.2) is 69.5 Å². The molecule has 0 aromatic carbocycles. The fourth-order valence-electron chi connectivity index (χ4n) is 4.00. The number of carbonyl (C=O) groups excluding carboxylic acids is 2. The molecule has 0 bridgehead atoms. The fourth-order valence-corrected chi connectivity index (χ4v) is 4.00. The Kier molecular flexibility index (Phi) is 7.33. The third-order valence-corrected chi connectivity index (χ3v) is 5.92. The minimum atomic E-state index is -0.786. The molecule has 3 atom stereocenters. The van der Waals surface area contributed by atoms with E-state index in [9.17, 15) is 19.8 Å². The summed E-state index contributed by atoms with van der Waals surface area (Å²) < 4.78 is 10.1. The van der Waals surface area contributed by atoms with Crippen LogP contribution in [0.2, 0.25) is 0 Å². The number of esters is 1. The molecular weight excluding hydrogens is 396 g/mol. The predicted molar refractivity (Wildman–Crippen MR) is 116 cm³/mol. The molecule has 166 valence electrons.